The quantitative estimate of drug-likeness (QED) is 0.522. The van der Waals surface area contributed by atoms with E-state index in [-0.39, 0.29) is 12.1 Å². The maximum Gasteiger partial charge on any atom is 0.318 e. The van der Waals surface area contributed by atoms with E-state index in [9.17, 15) is 4.79 Å². The highest BCUT2D eigenvalue weighted by atomic mass is 16.5. The lowest BCUT2D eigenvalue weighted by atomic mass is 9.91. The standard InChI is InChI=1S/C21H25N3O2/c1-23-21(22)24-14-12-18(13-15-24)26-20(25)19(16-8-4-2-5-9-16)17-10-6-3-7-11-17/h2-11,18-19H,12-15H2,1H3,(H2,22,23). The lowest BCUT2D eigenvalue weighted by Crippen LogP contribution is -2.45. The van der Waals surface area contributed by atoms with Crippen molar-refractivity contribution < 1.29 is 9.53 Å². The predicted octanol–water partition coefficient (Wildman–Crippen LogP) is 2.77. The Balaban J connectivity index is 1.71. The summed E-state index contributed by atoms with van der Waals surface area (Å²) in [4.78, 5) is 19.0. The minimum Gasteiger partial charge on any atom is -0.462 e. The van der Waals surface area contributed by atoms with Crippen molar-refractivity contribution in [3.05, 3.63) is 71.8 Å². The first-order valence-corrected chi connectivity index (χ1v) is 8.96. The monoisotopic (exact) mass is 351 g/mol. The highest BCUT2D eigenvalue weighted by molar-refractivity contribution is 5.82. The maximum absolute atomic E-state index is 13.0. The highest BCUT2D eigenvalue weighted by Crippen LogP contribution is 2.27. The third-order valence-electron chi connectivity index (χ3n) is 4.78. The molecule has 0 spiro atoms. The number of aliphatic imine (C=N–C) groups is 1. The van der Waals surface area contributed by atoms with Gasteiger partial charge in [-0.2, -0.15) is 0 Å². The number of esters is 1. The molecule has 2 aromatic carbocycles. The molecule has 0 amide bonds. The van der Waals surface area contributed by atoms with Crippen LogP contribution in [0.1, 0.15) is 29.9 Å². The van der Waals surface area contributed by atoms with Gasteiger partial charge < -0.3 is 15.4 Å². The Hall–Kier alpha value is -2.82. The molecule has 136 valence electrons. The van der Waals surface area contributed by atoms with Crippen LogP contribution in [0.5, 0.6) is 0 Å². The summed E-state index contributed by atoms with van der Waals surface area (Å²) in [5.41, 5.74) is 7.76. The predicted molar refractivity (Wildman–Crippen MR) is 103 cm³/mol. The van der Waals surface area contributed by atoms with E-state index in [1.807, 2.05) is 65.6 Å². The zero-order valence-electron chi connectivity index (χ0n) is 15.0. The van der Waals surface area contributed by atoms with E-state index in [1.165, 1.54) is 0 Å². The third kappa shape index (κ3) is 4.23. The second-order valence-electron chi connectivity index (χ2n) is 6.46. The Morgan fingerprint density at radius 2 is 1.54 bits per heavy atom. The molecule has 26 heavy (non-hydrogen) atoms. The van der Waals surface area contributed by atoms with E-state index >= 15 is 0 Å². The molecule has 0 bridgehead atoms. The number of carbonyl (C=O) groups is 1. The van der Waals surface area contributed by atoms with Crippen LogP contribution in [0.15, 0.2) is 65.7 Å². The van der Waals surface area contributed by atoms with Crippen LogP contribution in [-0.2, 0) is 9.53 Å². The molecule has 3 rings (SSSR count). The van der Waals surface area contributed by atoms with Gasteiger partial charge in [0.25, 0.3) is 0 Å². The van der Waals surface area contributed by atoms with Crippen LogP contribution in [-0.4, -0.2) is 43.1 Å². The summed E-state index contributed by atoms with van der Waals surface area (Å²) in [6.07, 6.45) is 1.44. The van der Waals surface area contributed by atoms with Crippen molar-refractivity contribution in [1.82, 2.24) is 4.90 Å². The molecule has 1 aliphatic rings. The Kier molecular flexibility index (Phi) is 5.89. The summed E-state index contributed by atoms with van der Waals surface area (Å²) >= 11 is 0. The molecule has 0 saturated carbocycles. The lowest BCUT2D eigenvalue weighted by molar-refractivity contribution is -0.151. The van der Waals surface area contributed by atoms with Crippen molar-refractivity contribution in [2.75, 3.05) is 20.1 Å². The fourth-order valence-electron chi connectivity index (χ4n) is 3.33. The SMILES string of the molecule is CN=C(N)N1CCC(OC(=O)C(c2ccccc2)c2ccccc2)CC1. The molecule has 2 N–H and O–H groups in total. The molecule has 0 aromatic heterocycles. The summed E-state index contributed by atoms with van der Waals surface area (Å²) < 4.78 is 5.88. The van der Waals surface area contributed by atoms with Crippen molar-refractivity contribution in [2.45, 2.75) is 24.9 Å². The maximum atomic E-state index is 13.0. The minimum atomic E-state index is -0.405. The number of nitrogens with zero attached hydrogens (tertiary/aromatic N) is 2. The number of hydrogen-bond acceptors (Lipinski definition) is 3. The van der Waals surface area contributed by atoms with Gasteiger partial charge in [-0.15, -0.1) is 0 Å². The summed E-state index contributed by atoms with van der Waals surface area (Å²) in [5, 5.41) is 0. The molecule has 0 atom stereocenters. The molecule has 1 saturated heterocycles. The molecule has 0 aliphatic carbocycles. The Morgan fingerprint density at radius 3 is 2.00 bits per heavy atom. The molecular weight excluding hydrogens is 326 g/mol. The van der Waals surface area contributed by atoms with Gasteiger partial charge in [0.1, 0.15) is 12.0 Å². The van der Waals surface area contributed by atoms with Gasteiger partial charge in [-0.25, -0.2) is 0 Å². The van der Waals surface area contributed by atoms with Crippen molar-refractivity contribution in [3.8, 4) is 0 Å². The largest absolute Gasteiger partial charge is 0.462 e. The minimum absolute atomic E-state index is 0.0849. The number of nitrogens with two attached hydrogens (primary N) is 1. The normalized spacial score (nSPS) is 15.9. The van der Waals surface area contributed by atoms with Crippen molar-refractivity contribution in [3.63, 3.8) is 0 Å². The number of ether oxygens (including phenoxy) is 1. The van der Waals surface area contributed by atoms with Crippen LogP contribution in [0.3, 0.4) is 0 Å². The van der Waals surface area contributed by atoms with E-state index in [2.05, 4.69) is 4.99 Å². The molecular formula is C21H25N3O2. The number of likely N-dealkylation sites (tertiary alicyclic amines) is 1. The number of benzene rings is 2. The molecule has 0 unspecified atom stereocenters. The average molecular weight is 351 g/mol. The van der Waals surface area contributed by atoms with Gasteiger partial charge in [-0.3, -0.25) is 9.79 Å². The van der Waals surface area contributed by atoms with Gasteiger partial charge in [0.2, 0.25) is 0 Å². The third-order valence-corrected chi connectivity index (χ3v) is 4.78. The molecule has 1 fully saturated rings. The van der Waals surface area contributed by atoms with E-state index in [0.717, 1.165) is 37.1 Å². The molecule has 1 heterocycles. The van der Waals surface area contributed by atoms with Crippen LogP contribution >= 0.6 is 0 Å². The lowest BCUT2D eigenvalue weighted by Gasteiger charge is -2.33. The van der Waals surface area contributed by atoms with Gasteiger partial charge >= 0.3 is 5.97 Å². The highest BCUT2D eigenvalue weighted by Gasteiger charge is 2.29. The van der Waals surface area contributed by atoms with Crippen LogP contribution in [0.2, 0.25) is 0 Å². The van der Waals surface area contributed by atoms with Crippen molar-refractivity contribution in [2.24, 2.45) is 10.7 Å². The first-order chi connectivity index (χ1) is 12.7. The zero-order valence-corrected chi connectivity index (χ0v) is 15.0. The van der Waals surface area contributed by atoms with Gasteiger partial charge in [-0.1, -0.05) is 60.7 Å². The van der Waals surface area contributed by atoms with Crippen molar-refractivity contribution in [1.29, 1.82) is 0 Å². The molecule has 5 nitrogen and oxygen atoms in total. The molecule has 5 heteroatoms. The fourth-order valence-corrected chi connectivity index (χ4v) is 3.33. The van der Waals surface area contributed by atoms with Crippen LogP contribution < -0.4 is 5.73 Å². The molecule has 1 aliphatic heterocycles. The first-order valence-electron chi connectivity index (χ1n) is 8.96. The number of carbonyl (C=O) groups excluding carboxylic acids is 1. The van der Waals surface area contributed by atoms with Gasteiger partial charge in [0, 0.05) is 33.0 Å². The van der Waals surface area contributed by atoms with Crippen LogP contribution in [0.25, 0.3) is 0 Å². The van der Waals surface area contributed by atoms with Crippen molar-refractivity contribution >= 4 is 11.9 Å². The van der Waals surface area contributed by atoms with Crippen LogP contribution in [0, 0.1) is 0 Å². The van der Waals surface area contributed by atoms with Gasteiger partial charge in [0.15, 0.2) is 5.96 Å². The van der Waals surface area contributed by atoms with E-state index in [4.69, 9.17) is 10.5 Å². The van der Waals surface area contributed by atoms with Crippen LogP contribution in [0.4, 0.5) is 0 Å². The summed E-state index contributed by atoms with van der Waals surface area (Å²) in [6.45, 7) is 1.50. The summed E-state index contributed by atoms with van der Waals surface area (Å²) in [7, 11) is 1.69. The van der Waals surface area contributed by atoms with E-state index in [1.54, 1.807) is 7.05 Å². The Morgan fingerprint density at radius 1 is 1.04 bits per heavy atom. The number of guanidine groups is 1. The topological polar surface area (TPSA) is 67.9 Å². The number of rotatable bonds is 4. The molecule has 2 aromatic rings. The molecule has 0 radical (unpaired) electrons. The smallest absolute Gasteiger partial charge is 0.318 e. The average Bonchev–Trinajstić information content (AvgIpc) is 2.70. The second-order valence-corrected chi connectivity index (χ2v) is 6.46. The van der Waals surface area contributed by atoms with Gasteiger partial charge in [0.05, 0.1) is 0 Å². The first kappa shape index (κ1) is 18.0. The Labute approximate surface area is 154 Å². The fraction of sp³-hybridized carbons (Fsp3) is 0.333. The van der Waals surface area contributed by atoms with E-state index in [0.29, 0.717) is 5.96 Å². The Bertz CT molecular complexity index is 699. The van der Waals surface area contributed by atoms with E-state index < -0.39 is 5.92 Å². The number of piperidine rings is 1. The van der Waals surface area contributed by atoms with Gasteiger partial charge in [-0.05, 0) is 11.1 Å². The zero-order chi connectivity index (χ0) is 18.4. The number of hydrogen-bond donors (Lipinski definition) is 1. The summed E-state index contributed by atoms with van der Waals surface area (Å²) in [6, 6.07) is 19.6. The second kappa shape index (κ2) is 8.52. The summed E-state index contributed by atoms with van der Waals surface area (Å²) in [5.74, 6) is -0.0584.